The summed E-state index contributed by atoms with van der Waals surface area (Å²) in [7, 11) is 0. The molecule has 0 atom stereocenters. The molecule has 8 nitrogen and oxygen atoms in total. The van der Waals surface area contributed by atoms with Crippen LogP contribution in [0.3, 0.4) is 0 Å². The first-order valence-corrected chi connectivity index (χ1v) is 10.3. The average molecular weight is 414 g/mol. The Kier molecular flexibility index (Phi) is 5.95. The first-order valence-electron chi connectivity index (χ1n) is 9.51. The minimum atomic E-state index is -0.257. The molecule has 0 fully saturated rings. The zero-order valence-electron chi connectivity index (χ0n) is 16.1. The van der Waals surface area contributed by atoms with Crippen molar-refractivity contribution >= 4 is 32.6 Å². The van der Waals surface area contributed by atoms with Gasteiger partial charge in [-0.3, -0.25) is 9.69 Å². The second kappa shape index (κ2) is 8.95. The lowest BCUT2D eigenvalue weighted by molar-refractivity contribution is -0.119. The summed E-state index contributed by atoms with van der Waals surface area (Å²) in [6.45, 7) is 4.52. The van der Waals surface area contributed by atoms with E-state index < -0.39 is 0 Å². The van der Waals surface area contributed by atoms with Gasteiger partial charge in [0.05, 0.1) is 17.6 Å². The Morgan fingerprint density at radius 1 is 1.38 bits per heavy atom. The molecule has 0 radical (unpaired) electrons. The van der Waals surface area contributed by atoms with E-state index in [0.717, 1.165) is 28.9 Å². The first kappa shape index (κ1) is 19.3. The number of thiazole rings is 1. The van der Waals surface area contributed by atoms with E-state index >= 15 is 0 Å². The molecular formula is C20H22N4O4S. The van der Waals surface area contributed by atoms with Gasteiger partial charge in [0.25, 0.3) is 5.91 Å². The highest BCUT2D eigenvalue weighted by molar-refractivity contribution is 7.22. The van der Waals surface area contributed by atoms with Gasteiger partial charge in [-0.25, -0.2) is 9.97 Å². The van der Waals surface area contributed by atoms with Crippen LogP contribution in [-0.4, -0.2) is 46.8 Å². The second-order valence-electron chi connectivity index (χ2n) is 6.34. The molecule has 0 N–H and O–H groups in total. The minimum Gasteiger partial charge on any atom is -0.494 e. The molecule has 1 aliphatic heterocycles. The van der Waals surface area contributed by atoms with Gasteiger partial charge in [-0.15, -0.1) is 0 Å². The smallest absolute Gasteiger partial charge is 0.298 e. The molecule has 0 saturated carbocycles. The summed E-state index contributed by atoms with van der Waals surface area (Å²) in [5, 5.41) is 0.609. The van der Waals surface area contributed by atoms with Crippen molar-refractivity contribution in [1.29, 1.82) is 0 Å². The number of imidazole rings is 1. The SMILES string of the molecule is CCOc1cccc2sc(N(CCCn3ccnc3)C(=O)C3=COCCO3)nc12. The summed E-state index contributed by atoms with van der Waals surface area (Å²) < 4.78 is 19.4. The lowest BCUT2D eigenvalue weighted by Gasteiger charge is -2.23. The number of nitrogens with zero attached hydrogens (tertiary/aromatic N) is 4. The highest BCUT2D eigenvalue weighted by Crippen LogP contribution is 2.35. The molecule has 29 heavy (non-hydrogen) atoms. The summed E-state index contributed by atoms with van der Waals surface area (Å²) in [5.41, 5.74) is 0.761. The number of hydrogen-bond donors (Lipinski definition) is 0. The molecule has 0 bridgehead atoms. The van der Waals surface area contributed by atoms with Crippen LogP contribution in [0.25, 0.3) is 10.2 Å². The van der Waals surface area contributed by atoms with Crippen LogP contribution in [0.2, 0.25) is 0 Å². The molecule has 0 aliphatic carbocycles. The van der Waals surface area contributed by atoms with Crippen LogP contribution in [0.1, 0.15) is 13.3 Å². The van der Waals surface area contributed by atoms with E-state index in [-0.39, 0.29) is 11.7 Å². The summed E-state index contributed by atoms with van der Waals surface area (Å²) >= 11 is 1.46. The lowest BCUT2D eigenvalue weighted by Crippen LogP contribution is -2.35. The summed E-state index contributed by atoms with van der Waals surface area (Å²) in [4.78, 5) is 23.6. The van der Waals surface area contributed by atoms with Crippen molar-refractivity contribution in [1.82, 2.24) is 14.5 Å². The van der Waals surface area contributed by atoms with Crippen molar-refractivity contribution in [3.8, 4) is 5.75 Å². The number of anilines is 1. The standard InChI is InChI=1S/C20H22N4O4S/c1-2-27-15-5-3-6-17-18(15)22-20(29-17)24(9-4-8-23-10-7-21-14-23)19(25)16-13-26-11-12-28-16/h3,5-7,10,13-14H,2,4,8-9,11-12H2,1H3. The molecule has 0 spiro atoms. The van der Waals surface area contributed by atoms with Gasteiger partial charge in [-0.2, -0.15) is 0 Å². The maximum atomic E-state index is 13.1. The number of aromatic nitrogens is 3. The largest absolute Gasteiger partial charge is 0.494 e. The predicted molar refractivity (Wildman–Crippen MR) is 110 cm³/mol. The maximum absolute atomic E-state index is 13.1. The van der Waals surface area contributed by atoms with Crippen LogP contribution in [0.5, 0.6) is 5.75 Å². The number of carbonyl (C=O) groups is 1. The van der Waals surface area contributed by atoms with E-state index in [1.807, 2.05) is 35.9 Å². The van der Waals surface area contributed by atoms with Crippen LogP contribution in [-0.2, 0) is 20.8 Å². The minimum absolute atomic E-state index is 0.197. The zero-order valence-corrected chi connectivity index (χ0v) is 16.9. The fourth-order valence-corrected chi connectivity index (χ4v) is 4.03. The van der Waals surface area contributed by atoms with E-state index in [0.29, 0.717) is 31.5 Å². The van der Waals surface area contributed by atoms with Crippen molar-refractivity contribution in [2.75, 3.05) is 31.3 Å². The van der Waals surface area contributed by atoms with Crippen LogP contribution < -0.4 is 9.64 Å². The van der Waals surface area contributed by atoms with Gasteiger partial charge in [0.2, 0.25) is 5.76 Å². The molecule has 0 saturated heterocycles. The number of hydrogen-bond acceptors (Lipinski definition) is 7. The number of ether oxygens (including phenoxy) is 3. The van der Waals surface area contributed by atoms with Crippen molar-refractivity contribution in [3.05, 3.63) is 48.9 Å². The van der Waals surface area contributed by atoms with Gasteiger partial charge in [0.1, 0.15) is 30.7 Å². The fraction of sp³-hybridized carbons (Fsp3) is 0.350. The molecule has 9 heteroatoms. The highest BCUT2D eigenvalue weighted by atomic mass is 32.1. The zero-order chi connectivity index (χ0) is 20.1. The van der Waals surface area contributed by atoms with Crippen LogP contribution >= 0.6 is 11.3 Å². The average Bonchev–Trinajstić information content (AvgIpc) is 3.42. The van der Waals surface area contributed by atoms with Crippen molar-refractivity contribution in [2.24, 2.45) is 0 Å². The molecule has 152 valence electrons. The van der Waals surface area contributed by atoms with Crippen LogP contribution in [0.15, 0.2) is 48.9 Å². The quantitative estimate of drug-likeness (QED) is 0.563. The third-order valence-corrected chi connectivity index (χ3v) is 5.41. The number of aryl methyl sites for hydroxylation is 1. The monoisotopic (exact) mass is 414 g/mol. The molecule has 1 aromatic carbocycles. The number of fused-ring (bicyclic) bond motifs is 1. The Morgan fingerprint density at radius 3 is 3.07 bits per heavy atom. The Hall–Kier alpha value is -3.07. The molecule has 2 aromatic heterocycles. The molecular weight excluding hydrogens is 392 g/mol. The molecule has 3 aromatic rings. The van der Waals surface area contributed by atoms with Gasteiger partial charge >= 0.3 is 0 Å². The van der Waals surface area contributed by atoms with Gasteiger partial charge in [-0.1, -0.05) is 17.4 Å². The van der Waals surface area contributed by atoms with Crippen molar-refractivity contribution < 1.29 is 19.0 Å². The number of amides is 1. The molecule has 1 aliphatic rings. The van der Waals surface area contributed by atoms with E-state index in [2.05, 4.69) is 4.98 Å². The van der Waals surface area contributed by atoms with E-state index in [1.165, 1.54) is 17.6 Å². The fourth-order valence-electron chi connectivity index (χ4n) is 3.03. The Balaban J connectivity index is 1.61. The van der Waals surface area contributed by atoms with Crippen molar-refractivity contribution in [3.63, 3.8) is 0 Å². The highest BCUT2D eigenvalue weighted by Gasteiger charge is 2.26. The van der Waals surface area contributed by atoms with Crippen LogP contribution in [0, 0.1) is 0 Å². The third-order valence-electron chi connectivity index (χ3n) is 4.36. The summed E-state index contributed by atoms with van der Waals surface area (Å²) in [6.07, 6.45) is 7.53. The molecule has 4 rings (SSSR count). The number of carbonyl (C=O) groups excluding carboxylic acids is 1. The van der Waals surface area contributed by atoms with Crippen molar-refractivity contribution in [2.45, 2.75) is 19.9 Å². The molecule has 0 unspecified atom stereocenters. The maximum Gasteiger partial charge on any atom is 0.298 e. The van der Waals surface area contributed by atoms with E-state index in [1.54, 1.807) is 17.4 Å². The summed E-state index contributed by atoms with van der Waals surface area (Å²) in [6, 6.07) is 5.80. The van der Waals surface area contributed by atoms with Gasteiger partial charge < -0.3 is 18.8 Å². The van der Waals surface area contributed by atoms with Gasteiger partial charge in [0, 0.05) is 25.5 Å². The number of rotatable bonds is 8. The lowest BCUT2D eigenvalue weighted by atomic mass is 10.3. The third kappa shape index (κ3) is 4.34. The second-order valence-corrected chi connectivity index (χ2v) is 7.35. The molecule has 1 amide bonds. The summed E-state index contributed by atoms with van der Waals surface area (Å²) in [5.74, 6) is 0.658. The number of para-hydroxylation sites is 1. The molecule has 3 heterocycles. The van der Waals surface area contributed by atoms with Gasteiger partial charge in [-0.05, 0) is 25.5 Å². The van der Waals surface area contributed by atoms with E-state index in [9.17, 15) is 4.79 Å². The first-order chi connectivity index (χ1) is 14.3. The Morgan fingerprint density at radius 2 is 2.31 bits per heavy atom. The predicted octanol–water partition coefficient (Wildman–Crippen LogP) is 3.20. The van der Waals surface area contributed by atoms with Gasteiger partial charge in [0.15, 0.2) is 5.13 Å². The topological polar surface area (TPSA) is 78.7 Å². The number of benzene rings is 1. The normalized spacial score (nSPS) is 13.5. The van der Waals surface area contributed by atoms with Crippen LogP contribution in [0.4, 0.5) is 5.13 Å². The Bertz CT molecular complexity index is 999. The van der Waals surface area contributed by atoms with E-state index in [4.69, 9.17) is 19.2 Å². The Labute approximate surface area is 172 Å².